The van der Waals surface area contributed by atoms with Crippen LogP contribution >= 0.6 is 0 Å². The first-order valence-electron chi connectivity index (χ1n) is 4.82. The maximum absolute atomic E-state index is 13.1. The third kappa shape index (κ3) is 4.82. The Bertz CT molecular complexity index is 406. The molecule has 1 aromatic carbocycles. The van der Waals surface area contributed by atoms with Gasteiger partial charge < -0.3 is 10.1 Å². The van der Waals surface area contributed by atoms with Crippen LogP contribution in [0.15, 0.2) is 12.1 Å². The predicted octanol–water partition coefficient (Wildman–Crippen LogP) is 3.09. The number of hydrogen-bond donors (Lipinski definition) is 1. The second kappa shape index (κ2) is 5.94. The van der Waals surface area contributed by atoms with E-state index in [0.29, 0.717) is 12.1 Å². The zero-order valence-electron chi connectivity index (χ0n) is 8.95. The van der Waals surface area contributed by atoms with E-state index in [-0.39, 0.29) is 13.2 Å². The molecule has 0 saturated heterocycles. The molecule has 0 amide bonds. The maximum atomic E-state index is 13.1. The van der Waals surface area contributed by atoms with Gasteiger partial charge in [0.15, 0.2) is 11.6 Å². The number of anilines is 1. The Hall–Kier alpha value is -1.44. The lowest BCUT2D eigenvalue weighted by Crippen LogP contribution is -2.20. The summed E-state index contributed by atoms with van der Waals surface area (Å²) in [5.41, 5.74) is -0.469. The molecule has 0 fully saturated rings. The molecule has 0 atom stereocenters. The molecule has 18 heavy (non-hydrogen) atoms. The normalized spacial score (nSPS) is 11.7. The molecule has 0 saturated carbocycles. The first-order chi connectivity index (χ1) is 8.29. The Morgan fingerprint density at radius 1 is 1.11 bits per heavy atom. The van der Waals surface area contributed by atoms with E-state index in [1.165, 1.54) is 0 Å². The van der Waals surface area contributed by atoms with E-state index in [9.17, 15) is 26.3 Å². The first kappa shape index (κ1) is 14.6. The zero-order valence-corrected chi connectivity index (χ0v) is 8.95. The van der Waals surface area contributed by atoms with Crippen molar-refractivity contribution in [3.8, 4) is 0 Å². The number of halogens is 6. The third-order valence-electron chi connectivity index (χ3n) is 1.82. The molecule has 0 heterocycles. The Kier molecular flexibility index (Phi) is 4.83. The summed E-state index contributed by atoms with van der Waals surface area (Å²) in [6, 6.07) is 1.06. The Morgan fingerprint density at radius 3 is 2.39 bits per heavy atom. The summed E-state index contributed by atoms with van der Waals surface area (Å²) in [7, 11) is 0. The van der Waals surface area contributed by atoms with Crippen LogP contribution in [0, 0.1) is 17.5 Å². The van der Waals surface area contributed by atoms with Gasteiger partial charge in [0.1, 0.15) is 12.4 Å². The topological polar surface area (TPSA) is 21.3 Å². The van der Waals surface area contributed by atoms with Crippen LogP contribution in [-0.2, 0) is 4.74 Å². The van der Waals surface area contributed by atoms with E-state index >= 15 is 0 Å². The first-order valence-corrected chi connectivity index (χ1v) is 4.82. The molecular weight excluding hydrogens is 264 g/mol. The molecule has 1 N–H and O–H groups in total. The smallest absolute Gasteiger partial charge is 0.380 e. The summed E-state index contributed by atoms with van der Waals surface area (Å²) in [4.78, 5) is 0. The van der Waals surface area contributed by atoms with Crippen molar-refractivity contribution >= 4 is 5.69 Å². The SMILES string of the molecule is Fc1cc(F)c(F)c(NCCOCC(F)(F)F)c1. The van der Waals surface area contributed by atoms with Crippen molar-refractivity contribution in [2.45, 2.75) is 6.18 Å². The Labute approximate surface area is 98.5 Å². The van der Waals surface area contributed by atoms with Gasteiger partial charge in [0.2, 0.25) is 0 Å². The van der Waals surface area contributed by atoms with Crippen molar-refractivity contribution < 1.29 is 31.1 Å². The van der Waals surface area contributed by atoms with Crippen molar-refractivity contribution in [1.29, 1.82) is 0 Å². The molecule has 0 bridgehead atoms. The van der Waals surface area contributed by atoms with Crippen LogP contribution in [-0.4, -0.2) is 25.9 Å². The summed E-state index contributed by atoms with van der Waals surface area (Å²) >= 11 is 0. The van der Waals surface area contributed by atoms with Gasteiger partial charge in [-0.2, -0.15) is 13.2 Å². The number of ether oxygens (including phenoxy) is 1. The van der Waals surface area contributed by atoms with Gasteiger partial charge in [-0.3, -0.25) is 0 Å². The van der Waals surface area contributed by atoms with Crippen LogP contribution in [0.1, 0.15) is 0 Å². The van der Waals surface area contributed by atoms with E-state index in [4.69, 9.17) is 0 Å². The summed E-state index contributed by atoms with van der Waals surface area (Å²) in [6.45, 7) is -2.03. The van der Waals surface area contributed by atoms with E-state index < -0.39 is 35.9 Å². The molecule has 102 valence electrons. The van der Waals surface area contributed by atoms with Crippen molar-refractivity contribution in [3.05, 3.63) is 29.6 Å². The zero-order chi connectivity index (χ0) is 13.8. The van der Waals surface area contributed by atoms with E-state index in [2.05, 4.69) is 10.1 Å². The summed E-state index contributed by atoms with van der Waals surface area (Å²) in [6.07, 6.45) is -4.45. The molecule has 0 aliphatic heterocycles. The fourth-order valence-corrected chi connectivity index (χ4v) is 1.13. The lowest BCUT2D eigenvalue weighted by Gasteiger charge is -2.10. The molecule has 8 heteroatoms. The van der Waals surface area contributed by atoms with Gasteiger partial charge >= 0.3 is 6.18 Å². The largest absolute Gasteiger partial charge is 0.411 e. The number of alkyl halides is 3. The van der Waals surface area contributed by atoms with Gasteiger partial charge in [0, 0.05) is 18.7 Å². The minimum absolute atomic E-state index is 0.212. The van der Waals surface area contributed by atoms with Crippen LogP contribution in [0.25, 0.3) is 0 Å². The maximum Gasteiger partial charge on any atom is 0.411 e. The van der Waals surface area contributed by atoms with Crippen LogP contribution < -0.4 is 5.32 Å². The Morgan fingerprint density at radius 2 is 1.78 bits per heavy atom. The molecule has 0 aliphatic rings. The highest BCUT2D eigenvalue weighted by Gasteiger charge is 2.27. The van der Waals surface area contributed by atoms with Crippen molar-refractivity contribution in [3.63, 3.8) is 0 Å². The molecule has 2 nitrogen and oxygen atoms in total. The molecule has 0 radical (unpaired) electrons. The summed E-state index contributed by atoms with van der Waals surface area (Å²) in [5, 5.41) is 2.23. The van der Waals surface area contributed by atoms with Gasteiger partial charge in [0.05, 0.1) is 12.3 Å². The van der Waals surface area contributed by atoms with Crippen molar-refractivity contribution in [1.82, 2.24) is 0 Å². The van der Waals surface area contributed by atoms with Crippen molar-refractivity contribution in [2.24, 2.45) is 0 Å². The summed E-state index contributed by atoms with van der Waals surface area (Å²) in [5.74, 6) is -3.67. The molecule has 0 aromatic heterocycles. The predicted molar refractivity (Wildman–Crippen MR) is 51.7 cm³/mol. The standard InChI is InChI=1S/C10H9F6NO/c11-6-3-7(12)9(13)8(4-6)17-1-2-18-5-10(14,15)16/h3-4,17H,1-2,5H2. The number of benzene rings is 1. The van der Waals surface area contributed by atoms with Crippen LogP contribution in [0.2, 0.25) is 0 Å². The number of nitrogens with one attached hydrogen (secondary N) is 1. The fourth-order valence-electron chi connectivity index (χ4n) is 1.13. The minimum Gasteiger partial charge on any atom is -0.380 e. The highest BCUT2D eigenvalue weighted by Crippen LogP contribution is 2.19. The summed E-state index contributed by atoms with van der Waals surface area (Å²) < 4.78 is 77.7. The second-order valence-electron chi connectivity index (χ2n) is 3.34. The third-order valence-corrected chi connectivity index (χ3v) is 1.82. The van der Waals surface area contributed by atoms with E-state index in [1.54, 1.807) is 0 Å². The average Bonchev–Trinajstić information content (AvgIpc) is 2.22. The quantitative estimate of drug-likeness (QED) is 0.505. The van der Waals surface area contributed by atoms with Gasteiger partial charge in [0.25, 0.3) is 0 Å². The molecule has 0 spiro atoms. The fraction of sp³-hybridized carbons (Fsp3) is 0.400. The molecule has 1 rings (SSSR count). The van der Waals surface area contributed by atoms with E-state index in [0.717, 1.165) is 0 Å². The highest BCUT2D eigenvalue weighted by atomic mass is 19.4. The second-order valence-corrected chi connectivity index (χ2v) is 3.34. The van der Waals surface area contributed by atoms with Gasteiger partial charge in [-0.25, -0.2) is 13.2 Å². The lowest BCUT2D eigenvalue weighted by atomic mass is 10.3. The van der Waals surface area contributed by atoms with Crippen molar-refractivity contribution in [2.75, 3.05) is 25.1 Å². The van der Waals surface area contributed by atoms with Crippen LogP contribution in [0.4, 0.5) is 32.0 Å². The molecule has 0 aliphatic carbocycles. The number of hydrogen-bond acceptors (Lipinski definition) is 2. The average molecular weight is 273 g/mol. The monoisotopic (exact) mass is 273 g/mol. The molecule has 0 unspecified atom stereocenters. The van der Waals surface area contributed by atoms with Gasteiger partial charge in [-0.15, -0.1) is 0 Å². The molecular formula is C10H9F6NO. The van der Waals surface area contributed by atoms with Crippen LogP contribution in [0.3, 0.4) is 0 Å². The Balaban J connectivity index is 2.40. The van der Waals surface area contributed by atoms with E-state index in [1.807, 2.05) is 0 Å². The number of rotatable bonds is 5. The highest BCUT2D eigenvalue weighted by molar-refractivity contribution is 5.45. The minimum atomic E-state index is -4.45. The molecule has 1 aromatic rings. The lowest BCUT2D eigenvalue weighted by molar-refractivity contribution is -0.172. The van der Waals surface area contributed by atoms with Gasteiger partial charge in [-0.1, -0.05) is 0 Å². The van der Waals surface area contributed by atoms with Gasteiger partial charge in [-0.05, 0) is 0 Å². The van der Waals surface area contributed by atoms with Crippen LogP contribution in [0.5, 0.6) is 0 Å².